The fourth-order valence-corrected chi connectivity index (χ4v) is 5.12. The number of nitrogens with zero attached hydrogens (tertiary/aromatic N) is 2. The number of rotatable bonds is 10. The van der Waals surface area contributed by atoms with E-state index in [4.69, 9.17) is 10.5 Å². The Bertz CT molecular complexity index is 1260. The van der Waals surface area contributed by atoms with Crippen LogP contribution in [0.15, 0.2) is 35.3 Å². The lowest BCUT2D eigenvalue weighted by molar-refractivity contribution is -0.137. The molecule has 1 unspecified atom stereocenters. The summed E-state index contributed by atoms with van der Waals surface area (Å²) in [5, 5.41) is 2.98. The number of halogens is 3. The monoisotopic (exact) mass is 572 g/mol. The molecule has 0 spiro atoms. The van der Waals surface area contributed by atoms with Gasteiger partial charge in [-0.2, -0.15) is 13.2 Å². The average Bonchev–Trinajstić information content (AvgIpc) is 3.76. The van der Waals surface area contributed by atoms with Crippen LogP contribution in [0.5, 0.6) is 0 Å². The van der Waals surface area contributed by atoms with Crippen molar-refractivity contribution in [3.8, 4) is 0 Å². The highest BCUT2D eigenvalue weighted by atomic mass is 19.4. The van der Waals surface area contributed by atoms with Gasteiger partial charge < -0.3 is 20.7 Å². The topological polar surface area (TPSA) is 97.0 Å². The molecule has 0 radical (unpaired) electrons. The molecule has 4 rings (SSSR count). The summed E-state index contributed by atoms with van der Waals surface area (Å²) in [5.41, 5.74) is 9.20. The number of nitrogens with one attached hydrogen (secondary N) is 1. The van der Waals surface area contributed by atoms with Crippen LogP contribution in [0, 0.1) is 25.7 Å². The van der Waals surface area contributed by atoms with E-state index in [1.807, 2.05) is 20.8 Å². The molecule has 2 amide bonds. The number of likely N-dealkylation sites (tertiary alicyclic amines) is 1. The Kier molecular flexibility index (Phi) is 9.73. The number of benzene rings is 2. The second-order valence-corrected chi connectivity index (χ2v) is 11.3. The van der Waals surface area contributed by atoms with Gasteiger partial charge in [0, 0.05) is 61.4 Å². The van der Waals surface area contributed by atoms with Gasteiger partial charge in [0.15, 0.2) is 0 Å². The van der Waals surface area contributed by atoms with Gasteiger partial charge in [0.2, 0.25) is 0 Å². The zero-order chi connectivity index (χ0) is 29.7. The van der Waals surface area contributed by atoms with Gasteiger partial charge in [0.1, 0.15) is 0 Å². The van der Waals surface area contributed by atoms with Gasteiger partial charge in [-0.3, -0.25) is 14.6 Å². The van der Waals surface area contributed by atoms with E-state index >= 15 is 0 Å². The molecule has 3 N–H and O–H groups in total. The van der Waals surface area contributed by atoms with Crippen molar-refractivity contribution in [3.05, 3.63) is 63.7 Å². The molecule has 1 heterocycles. The van der Waals surface area contributed by atoms with Crippen LogP contribution in [-0.4, -0.2) is 61.8 Å². The molecule has 7 nitrogen and oxygen atoms in total. The molecule has 1 saturated heterocycles. The summed E-state index contributed by atoms with van der Waals surface area (Å²) < 4.78 is 44.2. The van der Waals surface area contributed by atoms with Crippen LogP contribution in [0.25, 0.3) is 0 Å². The molecule has 2 aliphatic rings. The first-order valence-electron chi connectivity index (χ1n) is 14.2. The number of alkyl halides is 3. The predicted octanol–water partition coefficient (Wildman–Crippen LogP) is 5.42. The molecule has 0 bridgehead atoms. The quantitative estimate of drug-likeness (QED) is 0.294. The third kappa shape index (κ3) is 8.09. The minimum atomic E-state index is -4.43. The average molecular weight is 573 g/mol. The van der Waals surface area contributed by atoms with Gasteiger partial charge in [-0.05, 0) is 99.7 Å². The Balaban J connectivity index is 1.30. The summed E-state index contributed by atoms with van der Waals surface area (Å²) in [7, 11) is 0. The van der Waals surface area contributed by atoms with Gasteiger partial charge in [-0.15, -0.1) is 0 Å². The highest BCUT2D eigenvalue weighted by molar-refractivity contribution is 6.02. The molecular formula is C31H39F3N4O3. The minimum Gasteiger partial charge on any atom is -0.398 e. The van der Waals surface area contributed by atoms with E-state index in [2.05, 4.69) is 10.3 Å². The van der Waals surface area contributed by atoms with Crippen molar-refractivity contribution in [3.63, 3.8) is 0 Å². The Labute approximate surface area is 239 Å². The fraction of sp³-hybridized carbons (Fsp3) is 0.516. The maximum Gasteiger partial charge on any atom is 0.416 e. The molecule has 0 aromatic heterocycles. The number of aliphatic imine (C=N–C) groups is 1. The maximum absolute atomic E-state index is 13.0. The molecule has 222 valence electrons. The Hall–Kier alpha value is -3.40. The molecule has 10 heteroatoms. The second-order valence-electron chi connectivity index (χ2n) is 11.3. The lowest BCUT2D eigenvalue weighted by atomic mass is 9.95. The van der Waals surface area contributed by atoms with Crippen LogP contribution >= 0.6 is 0 Å². The van der Waals surface area contributed by atoms with Crippen LogP contribution < -0.4 is 11.1 Å². The molecular weight excluding hydrogens is 533 g/mol. The van der Waals surface area contributed by atoms with Gasteiger partial charge in [-0.1, -0.05) is 0 Å². The fourth-order valence-electron chi connectivity index (χ4n) is 5.12. The van der Waals surface area contributed by atoms with Gasteiger partial charge >= 0.3 is 6.18 Å². The van der Waals surface area contributed by atoms with E-state index in [-0.39, 0.29) is 29.4 Å². The maximum atomic E-state index is 13.0. The van der Waals surface area contributed by atoms with Crippen molar-refractivity contribution in [2.24, 2.45) is 16.8 Å². The normalized spacial score (nSPS) is 17.2. The van der Waals surface area contributed by atoms with Crippen LogP contribution in [0.1, 0.15) is 75.6 Å². The van der Waals surface area contributed by atoms with Gasteiger partial charge in [0.05, 0.1) is 11.7 Å². The lowest BCUT2D eigenvalue weighted by Gasteiger charge is -2.31. The first-order valence-corrected chi connectivity index (χ1v) is 14.2. The van der Waals surface area contributed by atoms with E-state index in [1.54, 1.807) is 17.2 Å². The number of ether oxygens (including phenoxy) is 1. The Morgan fingerprint density at radius 1 is 1.12 bits per heavy atom. The SMILES string of the molecule is Cc1cc(N)c(C=NCC2CCN(C(=O)c3ccc(C(F)(F)F)cc3)CC2)c(C)c1C(=O)NCC(C)OCC1CC1. The van der Waals surface area contributed by atoms with E-state index in [0.717, 1.165) is 42.7 Å². The van der Waals surface area contributed by atoms with Crippen molar-refractivity contribution in [2.75, 3.05) is 38.5 Å². The Morgan fingerprint density at radius 3 is 2.39 bits per heavy atom. The number of carbonyl (C=O) groups excluding carboxylic acids is 2. The summed E-state index contributed by atoms with van der Waals surface area (Å²) >= 11 is 0. The van der Waals surface area contributed by atoms with Crippen molar-refractivity contribution in [2.45, 2.75) is 58.7 Å². The second kappa shape index (κ2) is 13.1. The number of amides is 2. The predicted molar refractivity (Wildman–Crippen MR) is 153 cm³/mol. The first kappa shape index (κ1) is 30.6. The third-order valence-electron chi connectivity index (χ3n) is 7.89. The van der Waals surface area contributed by atoms with E-state index < -0.39 is 11.7 Å². The number of hydrogen-bond acceptors (Lipinski definition) is 5. The highest BCUT2D eigenvalue weighted by Gasteiger charge is 2.31. The van der Waals surface area contributed by atoms with E-state index in [1.165, 1.54) is 25.0 Å². The molecule has 2 aromatic rings. The van der Waals surface area contributed by atoms with E-state index in [9.17, 15) is 22.8 Å². The molecule has 1 saturated carbocycles. The van der Waals surface area contributed by atoms with E-state index in [0.29, 0.717) is 48.9 Å². The Morgan fingerprint density at radius 2 is 1.78 bits per heavy atom. The van der Waals surface area contributed by atoms with Crippen molar-refractivity contribution < 1.29 is 27.5 Å². The zero-order valence-electron chi connectivity index (χ0n) is 23.9. The number of aryl methyl sites for hydroxylation is 1. The molecule has 2 aromatic carbocycles. The molecule has 2 fully saturated rings. The summed E-state index contributed by atoms with van der Waals surface area (Å²) in [6.07, 6.45) is 1.14. The number of anilines is 1. The van der Waals surface area contributed by atoms with Crippen LogP contribution in [-0.2, 0) is 10.9 Å². The number of nitrogen functional groups attached to an aromatic ring is 1. The molecule has 1 aliphatic carbocycles. The molecule has 1 atom stereocenters. The smallest absolute Gasteiger partial charge is 0.398 e. The lowest BCUT2D eigenvalue weighted by Crippen LogP contribution is -2.39. The largest absolute Gasteiger partial charge is 0.416 e. The van der Waals surface area contributed by atoms with Gasteiger partial charge in [-0.25, -0.2) is 0 Å². The zero-order valence-corrected chi connectivity index (χ0v) is 23.9. The van der Waals surface area contributed by atoms with Crippen molar-refractivity contribution >= 4 is 23.7 Å². The summed E-state index contributed by atoms with van der Waals surface area (Å²) in [4.78, 5) is 32.1. The number of hydrogen-bond donors (Lipinski definition) is 2. The minimum absolute atomic E-state index is 0.0633. The molecule has 41 heavy (non-hydrogen) atoms. The first-order chi connectivity index (χ1) is 19.4. The highest BCUT2D eigenvalue weighted by Crippen LogP contribution is 2.30. The summed E-state index contributed by atoms with van der Waals surface area (Å²) in [5.74, 6) is 0.495. The third-order valence-corrected chi connectivity index (χ3v) is 7.89. The molecule has 1 aliphatic heterocycles. The van der Waals surface area contributed by atoms with Crippen LogP contribution in [0.2, 0.25) is 0 Å². The standard InChI is InChI=1S/C31H39F3N4O3/c1-19-14-27(35)26(21(3)28(19)29(39)37-15-20(2)41-18-23-4-5-23)17-36-16-22-10-12-38(13-11-22)30(40)24-6-8-25(9-7-24)31(32,33)34/h6-9,14,17,20,22-23H,4-5,10-13,15-16,18,35H2,1-3H3,(H,37,39). The number of carbonyl (C=O) groups is 2. The van der Waals surface area contributed by atoms with Gasteiger partial charge in [0.25, 0.3) is 11.8 Å². The number of piperidine rings is 1. The van der Waals surface area contributed by atoms with Crippen LogP contribution in [0.3, 0.4) is 0 Å². The number of nitrogens with two attached hydrogens (primary N) is 1. The summed E-state index contributed by atoms with van der Waals surface area (Å²) in [6, 6.07) is 6.13. The van der Waals surface area contributed by atoms with Crippen molar-refractivity contribution in [1.29, 1.82) is 0 Å². The van der Waals surface area contributed by atoms with Crippen LogP contribution in [0.4, 0.5) is 18.9 Å². The summed E-state index contributed by atoms with van der Waals surface area (Å²) in [6.45, 7) is 8.44. The van der Waals surface area contributed by atoms with Crippen molar-refractivity contribution in [1.82, 2.24) is 10.2 Å².